The van der Waals surface area contributed by atoms with Crippen molar-refractivity contribution in [1.82, 2.24) is 10.2 Å². The molecule has 39 heavy (non-hydrogen) atoms. The monoisotopic (exact) mass is 573 g/mol. The van der Waals surface area contributed by atoms with E-state index in [0.717, 1.165) is 12.1 Å². The summed E-state index contributed by atoms with van der Waals surface area (Å²) in [6, 6.07) is 8.97. The van der Waals surface area contributed by atoms with Crippen LogP contribution < -0.4 is 16.0 Å². The SMILES string of the molecule is CC(C)(C)C[C@H](NC(=O)C(=O)Nc1c(Cl)cc(F)cc1Cl)C(=O)N1C[C@]2(C[C@H]1C#N)C(=O)Nc1ccccc12. The number of nitriles is 1. The van der Waals surface area contributed by atoms with Crippen molar-refractivity contribution in [2.24, 2.45) is 5.41 Å². The van der Waals surface area contributed by atoms with Gasteiger partial charge >= 0.3 is 11.8 Å². The molecule has 1 spiro atoms. The van der Waals surface area contributed by atoms with Crippen LogP contribution in [0.5, 0.6) is 0 Å². The molecule has 2 aromatic carbocycles. The molecular formula is C27H26Cl2FN5O4. The molecule has 2 heterocycles. The maximum absolute atomic E-state index is 13.8. The van der Waals surface area contributed by atoms with Crippen molar-refractivity contribution in [2.75, 3.05) is 17.2 Å². The van der Waals surface area contributed by atoms with Crippen LogP contribution in [0.15, 0.2) is 36.4 Å². The van der Waals surface area contributed by atoms with E-state index in [1.165, 1.54) is 4.90 Å². The third kappa shape index (κ3) is 5.56. The maximum Gasteiger partial charge on any atom is 0.313 e. The largest absolute Gasteiger partial charge is 0.336 e. The number of anilines is 2. The van der Waals surface area contributed by atoms with Crippen LogP contribution in [0.2, 0.25) is 10.0 Å². The predicted molar refractivity (Wildman–Crippen MR) is 144 cm³/mol. The molecule has 3 atom stereocenters. The van der Waals surface area contributed by atoms with E-state index in [4.69, 9.17) is 23.2 Å². The Bertz CT molecular complexity index is 1400. The average molecular weight is 574 g/mol. The number of fused-ring (bicyclic) bond motifs is 2. The van der Waals surface area contributed by atoms with Crippen molar-refractivity contribution in [3.63, 3.8) is 0 Å². The number of benzene rings is 2. The van der Waals surface area contributed by atoms with Gasteiger partial charge in [0.25, 0.3) is 0 Å². The Morgan fingerprint density at radius 1 is 1.21 bits per heavy atom. The zero-order valence-electron chi connectivity index (χ0n) is 21.4. The number of amides is 4. The highest BCUT2D eigenvalue weighted by Crippen LogP contribution is 2.46. The summed E-state index contributed by atoms with van der Waals surface area (Å²) in [6.07, 6.45) is 0.226. The Hall–Kier alpha value is -3.68. The van der Waals surface area contributed by atoms with Gasteiger partial charge in [-0.2, -0.15) is 5.26 Å². The molecule has 3 N–H and O–H groups in total. The van der Waals surface area contributed by atoms with E-state index in [9.17, 15) is 28.8 Å². The van der Waals surface area contributed by atoms with Crippen LogP contribution in [-0.2, 0) is 24.6 Å². The molecular weight excluding hydrogens is 548 g/mol. The molecule has 0 radical (unpaired) electrons. The molecule has 1 saturated heterocycles. The third-order valence-electron chi connectivity index (χ3n) is 6.79. The Morgan fingerprint density at radius 3 is 2.46 bits per heavy atom. The molecule has 2 aliphatic heterocycles. The Morgan fingerprint density at radius 2 is 1.85 bits per heavy atom. The number of carbonyl (C=O) groups excluding carboxylic acids is 4. The molecule has 0 unspecified atom stereocenters. The first-order chi connectivity index (χ1) is 18.3. The van der Waals surface area contributed by atoms with E-state index in [1.54, 1.807) is 24.3 Å². The number of nitrogens with one attached hydrogen (secondary N) is 3. The highest BCUT2D eigenvalue weighted by Gasteiger charge is 2.56. The van der Waals surface area contributed by atoms with Crippen molar-refractivity contribution < 1.29 is 23.6 Å². The molecule has 204 valence electrons. The number of hydrogen-bond acceptors (Lipinski definition) is 5. The first-order valence-electron chi connectivity index (χ1n) is 12.1. The zero-order valence-corrected chi connectivity index (χ0v) is 22.9. The summed E-state index contributed by atoms with van der Waals surface area (Å²) in [5.41, 5.74) is -0.395. The fraction of sp³-hybridized carbons (Fsp3) is 0.370. The van der Waals surface area contributed by atoms with Gasteiger partial charge in [-0.05, 0) is 35.6 Å². The molecule has 2 aliphatic rings. The molecule has 4 amide bonds. The molecule has 4 rings (SSSR count). The summed E-state index contributed by atoms with van der Waals surface area (Å²) >= 11 is 11.9. The lowest BCUT2D eigenvalue weighted by Gasteiger charge is -2.31. The fourth-order valence-corrected chi connectivity index (χ4v) is 5.61. The molecule has 0 bridgehead atoms. The molecule has 0 aliphatic carbocycles. The maximum atomic E-state index is 13.8. The normalized spacial score (nSPS) is 20.7. The van der Waals surface area contributed by atoms with Gasteiger partial charge in [0.05, 0.1) is 27.2 Å². The van der Waals surface area contributed by atoms with Gasteiger partial charge in [0, 0.05) is 18.7 Å². The fourth-order valence-electron chi connectivity index (χ4n) is 5.05. The lowest BCUT2D eigenvalue weighted by molar-refractivity contribution is -0.141. The standard InChI is InChI=1S/C27H26Cl2FN5O4/c1-26(2,3)11-20(32-22(36)23(37)34-21-17(28)8-14(30)9-18(21)29)24(38)35-13-27(10-15(35)12-31)16-6-4-5-7-19(16)33-25(27)39/h4-9,15,20H,10-11,13H2,1-3H3,(H,32,36)(H,33,39)(H,34,37)/t15-,20-,27-/m0/s1. The van der Waals surface area contributed by atoms with E-state index in [-0.39, 0.29) is 41.0 Å². The number of likely N-dealkylation sites (tertiary alicyclic amines) is 1. The second-order valence-corrected chi connectivity index (χ2v) is 11.7. The van der Waals surface area contributed by atoms with Crippen LogP contribution in [0.4, 0.5) is 15.8 Å². The quantitative estimate of drug-likeness (QED) is 0.475. The number of hydrogen-bond donors (Lipinski definition) is 3. The van der Waals surface area contributed by atoms with Crippen molar-refractivity contribution in [1.29, 1.82) is 5.26 Å². The van der Waals surface area contributed by atoms with Crippen LogP contribution in [0.3, 0.4) is 0 Å². The Kier molecular flexibility index (Phi) is 7.61. The number of nitrogens with zero attached hydrogens (tertiary/aromatic N) is 2. The van der Waals surface area contributed by atoms with E-state index in [2.05, 4.69) is 22.0 Å². The second kappa shape index (κ2) is 10.5. The van der Waals surface area contributed by atoms with Gasteiger partial charge in [-0.3, -0.25) is 19.2 Å². The highest BCUT2D eigenvalue weighted by molar-refractivity contribution is 6.44. The van der Waals surface area contributed by atoms with Crippen LogP contribution in [0.25, 0.3) is 0 Å². The zero-order chi connectivity index (χ0) is 28.7. The van der Waals surface area contributed by atoms with Crippen molar-refractivity contribution in [3.8, 4) is 6.07 Å². The van der Waals surface area contributed by atoms with Gasteiger partial charge < -0.3 is 20.9 Å². The van der Waals surface area contributed by atoms with Crippen LogP contribution in [0, 0.1) is 22.6 Å². The lowest BCUT2D eigenvalue weighted by Crippen LogP contribution is -2.53. The summed E-state index contributed by atoms with van der Waals surface area (Å²) in [7, 11) is 0. The van der Waals surface area contributed by atoms with Gasteiger partial charge in [-0.15, -0.1) is 0 Å². The number of halogens is 3. The average Bonchev–Trinajstić information content (AvgIpc) is 3.37. The first-order valence-corrected chi connectivity index (χ1v) is 12.9. The summed E-state index contributed by atoms with van der Waals surface area (Å²) in [5.74, 6) is -3.94. The van der Waals surface area contributed by atoms with Gasteiger partial charge in [0.1, 0.15) is 17.9 Å². The first kappa shape index (κ1) is 28.3. The number of para-hydroxylation sites is 1. The Balaban J connectivity index is 1.58. The summed E-state index contributed by atoms with van der Waals surface area (Å²) < 4.78 is 13.5. The summed E-state index contributed by atoms with van der Waals surface area (Å²) in [5, 5.41) is 17.0. The number of carbonyl (C=O) groups is 4. The van der Waals surface area contributed by atoms with E-state index in [0.29, 0.717) is 11.3 Å². The summed E-state index contributed by atoms with van der Waals surface area (Å²) in [4.78, 5) is 53.8. The van der Waals surface area contributed by atoms with Crippen molar-refractivity contribution >= 4 is 58.2 Å². The van der Waals surface area contributed by atoms with E-state index >= 15 is 0 Å². The Labute approximate surface area is 234 Å². The highest BCUT2D eigenvalue weighted by atomic mass is 35.5. The van der Waals surface area contributed by atoms with Crippen LogP contribution >= 0.6 is 23.2 Å². The molecule has 0 aromatic heterocycles. The van der Waals surface area contributed by atoms with Crippen molar-refractivity contribution in [3.05, 3.63) is 57.8 Å². The number of rotatable bonds is 4. The third-order valence-corrected chi connectivity index (χ3v) is 7.38. The minimum absolute atomic E-state index is 0.0591. The van der Waals surface area contributed by atoms with Crippen LogP contribution in [-0.4, -0.2) is 47.2 Å². The van der Waals surface area contributed by atoms with E-state index in [1.807, 2.05) is 20.8 Å². The van der Waals surface area contributed by atoms with E-state index < -0.39 is 46.5 Å². The minimum atomic E-state index is -1.19. The predicted octanol–water partition coefficient (Wildman–Crippen LogP) is 4.01. The molecule has 1 fully saturated rings. The van der Waals surface area contributed by atoms with Gasteiger partial charge in [0.15, 0.2) is 0 Å². The minimum Gasteiger partial charge on any atom is -0.336 e. The molecule has 2 aromatic rings. The van der Waals surface area contributed by atoms with Gasteiger partial charge in [0.2, 0.25) is 11.8 Å². The van der Waals surface area contributed by atoms with Gasteiger partial charge in [-0.25, -0.2) is 4.39 Å². The van der Waals surface area contributed by atoms with Crippen LogP contribution in [0.1, 0.15) is 39.2 Å². The summed E-state index contributed by atoms with van der Waals surface area (Å²) in [6.45, 7) is 5.50. The lowest BCUT2D eigenvalue weighted by atomic mass is 9.80. The molecule has 0 saturated carbocycles. The molecule has 9 nitrogen and oxygen atoms in total. The molecule has 12 heteroatoms. The topological polar surface area (TPSA) is 131 Å². The van der Waals surface area contributed by atoms with Crippen molar-refractivity contribution in [2.45, 2.75) is 51.1 Å². The van der Waals surface area contributed by atoms with Gasteiger partial charge in [-0.1, -0.05) is 62.2 Å². The second-order valence-electron chi connectivity index (χ2n) is 10.9. The smallest absolute Gasteiger partial charge is 0.313 e.